The number of hydrogen-bond acceptors (Lipinski definition) is 1. The molecule has 0 radical (unpaired) electrons. The van der Waals surface area contributed by atoms with Gasteiger partial charge in [-0.15, -0.1) is 0 Å². The maximum atomic E-state index is 3.72. The van der Waals surface area contributed by atoms with E-state index < -0.39 is 0 Å². The van der Waals surface area contributed by atoms with Gasteiger partial charge in [0.15, 0.2) is 0 Å². The summed E-state index contributed by atoms with van der Waals surface area (Å²) in [5, 5.41) is 3.72. The monoisotopic (exact) mass is 245 g/mol. The van der Waals surface area contributed by atoms with Crippen molar-refractivity contribution in [2.24, 2.45) is 0 Å². The Hall–Kier alpha value is -0.820. The Morgan fingerprint density at radius 2 is 1.89 bits per heavy atom. The van der Waals surface area contributed by atoms with Crippen LogP contribution in [0.25, 0.3) is 0 Å². The summed E-state index contributed by atoms with van der Waals surface area (Å²) in [4.78, 5) is 0. The van der Waals surface area contributed by atoms with E-state index in [1.54, 1.807) is 0 Å². The van der Waals surface area contributed by atoms with E-state index in [-0.39, 0.29) is 0 Å². The smallest absolute Gasteiger partial charge is 0.0136 e. The summed E-state index contributed by atoms with van der Waals surface area (Å²) in [6.45, 7) is 7.92. The van der Waals surface area contributed by atoms with Crippen molar-refractivity contribution in [2.45, 2.75) is 64.3 Å². The molecule has 2 unspecified atom stereocenters. The lowest BCUT2D eigenvalue weighted by Crippen LogP contribution is -2.31. The van der Waals surface area contributed by atoms with Crippen molar-refractivity contribution >= 4 is 0 Å². The van der Waals surface area contributed by atoms with E-state index in [4.69, 9.17) is 0 Å². The molecule has 0 aliphatic heterocycles. The van der Waals surface area contributed by atoms with Crippen molar-refractivity contribution in [3.8, 4) is 0 Å². The van der Waals surface area contributed by atoms with Gasteiger partial charge in [0.2, 0.25) is 0 Å². The number of nitrogens with one attached hydrogen (secondary N) is 1. The molecule has 1 N–H and O–H groups in total. The van der Waals surface area contributed by atoms with Gasteiger partial charge in [-0.1, -0.05) is 51.5 Å². The van der Waals surface area contributed by atoms with Gasteiger partial charge < -0.3 is 5.32 Å². The first kappa shape index (κ1) is 13.6. The van der Waals surface area contributed by atoms with Crippen LogP contribution in [0.1, 0.15) is 69.4 Å². The molecule has 1 aromatic carbocycles. The van der Waals surface area contributed by atoms with E-state index in [9.17, 15) is 0 Å². The molecular formula is C17H27N. The molecule has 100 valence electrons. The molecule has 1 heteroatoms. The van der Waals surface area contributed by atoms with E-state index in [1.165, 1.54) is 36.8 Å². The molecule has 1 nitrogen and oxygen atoms in total. The average Bonchev–Trinajstić information content (AvgIpc) is 2.84. The molecule has 2 atom stereocenters. The first-order valence-corrected chi connectivity index (χ1v) is 7.55. The molecule has 0 spiro atoms. The Morgan fingerprint density at radius 1 is 1.17 bits per heavy atom. The molecule has 1 fully saturated rings. The summed E-state index contributed by atoms with van der Waals surface area (Å²) < 4.78 is 0. The van der Waals surface area contributed by atoms with Crippen molar-refractivity contribution in [3.05, 3.63) is 35.4 Å². The molecule has 0 amide bonds. The van der Waals surface area contributed by atoms with Crippen LogP contribution in [0.2, 0.25) is 0 Å². The molecule has 1 aliphatic carbocycles. The van der Waals surface area contributed by atoms with Gasteiger partial charge in [0.1, 0.15) is 0 Å². The molecular weight excluding hydrogens is 218 g/mol. The second-order valence-electron chi connectivity index (χ2n) is 5.92. The lowest BCUT2D eigenvalue weighted by Gasteiger charge is -2.21. The molecule has 2 rings (SSSR count). The normalized spacial score (nSPS) is 23.8. The highest BCUT2D eigenvalue weighted by Crippen LogP contribution is 2.35. The molecule has 0 aromatic heterocycles. The summed E-state index contributed by atoms with van der Waals surface area (Å²) in [6, 6.07) is 10.0. The van der Waals surface area contributed by atoms with Crippen LogP contribution in [-0.2, 0) is 0 Å². The van der Waals surface area contributed by atoms with E-state index in [1.807, 2.05) is 0 Å². The van der Waals surface area contributed by atoms with E-state index in [0.717, 1.165) is 12.5 Å². The van der Waals surface area contributed by atoms with Crippen molar-refractivity contribution < 1.29 is 0 Å². The third-order valence-corrected chi connectivity index (χ3v) is 4.20. The van der Waals surface area contributed by atoms with Crippen LogP contribution in [0.3, 0.4) is 0 Å². The minimum atomic E-state index is 0.636. The third kappa shape index (κ3) is 3.14. The fraction of sp³-hybridized carbons (Fsp3) is 0.647. The van der Waals surface area contributed by atoms with E-state index >= 15 is 0 Å². The molecule has 1 aromatic rings. The Kier molecular flexibility index (Phi) is 4.82. The quantitative estimate of drug-likeness (QED) is 0.808. The summed E-state index contributed by atoms with van der Waals surface area (Å²) in [5.41, 5.74) is 2.99. The molecule has 1 saturated carbocycles. The molecule has 18 heavy (non-hydrogen) atoms. The molecule has 1 aliphatic rings. The number of benzene rings is 1. The van der Waals surface area contributed by atoms with Gasteiger partial charge in [-0.25, -0.2) is 0 Å². The zero-order valence-electron chi connectivity index (χ0n) is 12.1. The minimum absolute atomic E-state index is 0.636. The Balaban J connectivity index is 2.05. The first-order chi connectivity index (χ1) is 8.72. The van der Waals surface area contributed by atoms with Crippen molar-refractivity contribution in [2.75, 3.05) is 6.54 Å². The Bertz CT molecular complexity index is 352. The zero-order chi connectivity index (χ0) is 13.0. The largest absolute Gasteiger partial charge is 0.313 e. The van der Waals surface area contributed by atoms with Gasteiger partial charge in [0, 0.05) is 6.04 Å². The van der Waals surface area contributed by atoms with Crippen LogP contribution in [0, 0.1) is 0 Å². The highest BCUT2D eigenvalue weighted by Gasteiger charge is 2.27. The SMILES string of the molecule is CCCNC1CCCC1c1ccc(C(C)C)cc1. The van der Waals surface area contributed by atoms with E-state index in [2.05, 4.69) is 50.4 Å². The molecule has 0 saturated heterocycles. The van der Waals surface area contributed by atoms with Crippen LogP contribution < -0.4 is 5.32 Å². The van der Waals surface area contributed by atoms with Gasteiger partial charge >= 0.3 is 0 Å². The third-order valence-electron chi connectivity index (χ3n) is 4.20. The fourth-order valence-corrected chi connectivity index (χ4v) is 3.06. The van der Waals surface area contributed by atoms with Gasteiger partial charge in [0.05, 0.1) is 0 Å². The van der Waals surface area contributed by atoms with Crippen LogP contribution >= 0.6 is 0 Å². The van der Waals surface area contributed by atoms with Crippen LogP contribution in [-0.4, -0.2) is 12.6 Å². The minimum Gasteiger partial charge on any atom is -0.313 e. The molecule has 0 heterocycles. The Labute approximate surface area is 112 Å². The summed E-state index contributed by atoms with van der Waals surface area (Å²) in [6.07, 6.45) is 5.30. The van der Waals surface area contributed by atoms with Crippen LogP contribution in [0.5, 0.6) is 0 Å². The summed E-state index contributed by atoms with van der Waals surface area (Å²) >= 11 is 0. The maximum Gasteiger partial charge on any atom is 0.0136 e. The van der Waals surface area contributed by atoms with Gasteiger partial charge in [-0.3, -0.25) is 0 Å². The van der Waals surface area contributed by atoms with Crippen molar-refractivity contribution in [1.29, 1.82) is 0 Å². The second-order valence-corrected chi connectivity index (χ2v) is 5.92. The van der Waals surface area contributed by atoms with Gasteiger partial charge in [0.25, 0.3) is 0 Å². The summed E-state index contributed by atoms with van der Waals surface area (Å²) in [7, 11) is 0. The number of rotatable bonds is 5. The first-order valence-electron chi connectivity index (χ1n) is 7.55. The van der Waals surface area contributed by atoms with Gasteiger partial charge in [-0.05, 0) is 48.8 Å². The van der Waals surface area contributed by atoms with Crippen molar-refractivity contribution in [1.82, 2.24) is 5.32 Å². The van der Waals surface area contributed by atoms with Crippen LogP contribution in [0.15, 0.2) is 24.3 Å². The second kappa shape index (κ2) is 6.38. The molecule has 0 bridgehead atoms. The zero-order valence-corrected chi connectivity index (χ0v) is 12.1. The fourth-order valence-electron chi connectivity index (χ4n) is 3.06. The van der Waals surface area contributed by atoms with Crippen LogP contribution in [0.4, 0.5) is 0 Å². The highest BCUT2D eigenvalue weighted by molar-refractivity contribution is 5.28. The topological polar surface area (TPSA) is 12.0 Å². The predicted octanol–water partition coefficient (Wildman–Crippen LogP) is 4.45. The standard InChI is InChI=1S/C17H27N/c1-4-12-18-17-7-5-6-16(17)15-10-8-14(9-11-15)13(2)3/h8-11,13,16-18H,4-7,12H2,1-3H3. The van der Waals surface area contributed by atoms with E-state index in [0.29, 0.717) is 12.0 Å². The van der Waals surface area contributed by atoms with Crippen molar-refractivity contribution in [3.63, 3.8) is 0 Å². The lowest BCUT2D eigenvalue weighted by atomic mass is 9.91. The predicted molar refractivity (Wildman–Crippen MR) is 79.2 cm³/mol. The average molecular weight is 245 g/mol. The highest BCUT2D eigenvalue weighted by atomic mass is 14.9. The maximum absolute atomic E-state index is 3.72. The Morgan fingerprint density at radius 3 is 2.50 bits per heavy atom. The summed E-state index contributed by atoms with van der Waals surface area (Å²) in [5.74, 6) is 1.37. The number of hydrogen-bond donors (Lipinski definition) is 1. The lowest BCUT2D eigenvalue weighted by molar-refractivity contribution is 0.479. The van der Waals surface area contributed by atoms with Gasteiger partial charge in [-0.2, -0.15) is 0 Å².